The van der Waals surface area contributed by atoms with Gasteiger partial charge in [-0.15, -0.1) is 0 Å². The number of fused-ring (bicyclic) bond motifs is 1. The maximum Gasteiger partial charge on any atom is 0.253 e. The highest BCUT2D eigenvalue weighted by atomic mass is 32.2. The fourth-order valence-electron chi connectivity index (χ4n) is 3.01. The van der Waals surface area contributed by atoms with Crippen molar-refractivity contribution in [2.24, 2.45) is 0 Å². The first-order valence-electron chi connectivity index (χ1n) is 9.42. The molecule has 158 valence electrons. The predicted molar refractivity (Wildman–Crippen MR) is 116 cm³/mol. The Balaban J connectivity index is 1.79. The van der Waals surface area contributed by atoms with Crippen LogP contribution >= 0.6 is 0 Å². The smallest absolute Gasteiger partial charge is 0.253 e. The van der Waals surface area contributed by atoms with Crippen LogP contribution in [0.4, 0.5) is 0 Å². The maximum absolute atomic E-state index is 12.7. The van der Waals surface area contributed by atoms with Crippen molar-refractivity contribution in [3.8, 4) is 6.07 Å². The second-order valence-electron chi connectivity index (χ2n) is 6.86. The SMILES string of the molecule is N#CCNC(=O)C(CS(=O)(=O)Cc1ccccc1)NC(=O)c1cnc2ccccc2c1. The predicted octanol–water partition coefficient (Wildman–Crippen LogP) is 1.59. The van der Waals surface area contributed by atoms with Crippen LogP contribution in [0, 0.1) is 11.3 Å². The fourth-order valence-corrected chi connectivity index (χ4v) is 4.57. The number of benzene rings is 2. The van der Waals surface area contributed by atoms with E-state index in [4.69, 9.17) is 5.26 Å². The number of rotatable bonds is 8. The molecule has 1 heterocycles. The first kappa shape index (κ1) is 21.9. The number of hydrogen-bond acceptors (Lipinski definition) is 6. The van der Waals surface area contributed by atoms with Crippen LogP contribution in [0.2, 0.25) is 0 Å². The zero-order valence-corrected chi connectivity index (χ0v) is 17.3. The van der Waals surface area contributed by atoms with Gasteiger partial charge in [-0.3, -0.25) is 14.6 Å². The van der Waals surface area contributed by atoms with Crippen LogP contribution in [0.1, 0.15) is 15.9 Å². The topological polar surface area (TPSA) is 129 Å². The molecule has 0 aliphatic rings. The zero-order valence-electron chi connectivity index (χ0n) is 16.5. The van der Waals surface area contributed by atoms with Crippen LogP contribution in [0.3, 0.4) is 0 Å². The molecule has 2 amide bonds. The summed E-state index contributed by atoms with van der Waals surface area (Å²) in [7, 11) is -3.74. The van der Waals surface area contributed by atoms with Gasteiger partial charge in [0.1, 0.15) is 12.6 Å². The van der Waals surface area contributed by atoms with Gasteiger partial charge in [0.15, 0.2) is 9.84 Å². The molecule has 9 heteroatoms. The van der Waals surface area contributed by atoms with Crippen LogP contribution < -0.4 is 10.6 Å². The molecule has 0 aliphatic carbocycles. The Labute approximate surface area is 179 Å². The quantitative estimate of drug-likeness (QED) is 0.516. The van der Waals surface area contributed by atoms with Crippen LogP contribution in [0.25, 0.3) is 10.9 Å². The molecular formula is C22H20N4O4S. The Hall–Kier alpha value is -3.77. The van der Waals surface area contributed by atoms with Crippen LogP contribution in [-0.4, -0.2) is 43.6 Å². The number of pyridine rings is 1. The normalized spacial score (nSPS) is 12.0. The van der Waals surface area contributed by atoms with Gasteiger partial charge in [0.25, 0.3) is 5.91 Å². The number of carbonyl (C=O) groups excluding carboxylic acids is 2. The van der Waals surface area contributed by atoms with Gasteiger partial charge < -0.3 is 10.6 Å². The molecule has 0 saturated heterocycles. The molecule has 2 N–H and O–H groups in total. The molecule has 3 aromatic rings. The monoisotopic (exact) mass is 436 g/mol. The van der Waals surface area contributed by atoms with E-state index in [1.807, 2.05) is 6.07 Å². The molecule has 0 bridgehead atoms. The van der Waals surface area contributed by atoms with E-state index in [-0.39, 0.29) is 17.9 Å². The number of hydrogen-bond donors (Lipinski definition) is 2. The Morgan fingerprint density at radius 1 is 1.06 bits per heavy atom. The number of para-hydroxylation sites is 1. The standard InChI is InChI=1S/C22H20N4O4S/c23-10-11-24-22(28)20(15-31(29,30)14-16-6-2-1-3-7-16)26-21(27)18-12-17-8-4-5-9-19(17)25-13-18/h1-9,12-13,20H,11,14-15H2,(H,24,28)(H,26,27). The summed E-state index contributed by atoms with van der Waals surface area (Å²) in [5.74, 6) is -2.26. The van der Waals surface area contributed by atoms with Crippen molar-refractivity contribution < 1.29 is 18.0 Å². The Kier molecular flexibility index (Phi) is 6.95. The van der Waals surface area contributed by atoms with Crippen molar-refractivity contribution in [2.75, 3.05) is 12.3 Å². The zero-order chi connectivity index (χ0) is 22.3. The van der Waals surface area contributed by atoms with Gasteiger partial charge in [-0.05, 0) is 17.7 Å². The molecule has 0 radical (unpaired) electrons. The minimum absolute atomic E-state index is 0.192. The Morgan fingerprint density at radius 2 is 1.77 bits per heavy atom. The van der Waals surface area contributed by atoms with Gasteiger partial charge >= 0.3 is 0 Å². The second-order valence-corrected chi connectivity index (χ2v) is 8.97. The maximum atomic E-state index is 12.7. The molecule has 0 spiro atoms. The molecule has 8 nitrogen and oxygen atoms in total. The first-order chi connectivity index (χ1) is 14.9. The minimum atomic E-state index is -3.74. The van der Waals surface area contributed by atoms with Crippen LogP contribution in [0.15, 0.2) is 66.9 Å². The Morgan fingerprint density at radius 3 is 2.52 bits per heavy atom. The van der Waals surface area contributed by atoms with E-state index >= 15 is 0 Å². The van der Waals surface area contributed by atoms with E-state index in [0.29, 0.717) is 11.1 Å². The van der Waals surface area contributed by atoms with Crippen LogP contribution in [-0.2, 0) is 20.4 Å². The van der Waals surface area contributed by atoms with E-state index in [0.717, 1.165) is 5.39 Å². The van der Waals surface area contributed by atoms with Gasteiger partial charge in [-0.2, -0.15) is 5.26 Å². The summed E-state index contributed by atoms with van der Waals surface area (Å²) in [6, 6.07) is 17.8. The Bertz CT molecular complexity index is 1240. The summed E-state index contributed by atoms with van der Waals surface area (Å²) in [5, 5.41) is 14.2. The molecule has 1 aromatic heterocycles. The van der Waals surface area contributed by atoms with Gasteiger partial charge in [0.05, 0.1) is 28.7 Å². The molecule has 1 unspecified atom stereocenters. The third-order valence-electron chi connectivity index (χ3n) is 4.47. The first-order valence-corrected chi connectivity index (χ1v) is 11.2. The minimum Gasteiger partial charge on any atom is -0.341 e. The number of nitriles is 1. The summed E-state index contributed by atoms with van der Waals surface area (Å²) in [6.07, 6.45) is 1.36. The lowest BCUT2D eigenvalue weighted by Crippen LogP contribution is -2.50. The van der Waals surface area contributed by atoms with Gasteiger partial charge in [0, 0.05) is 11.6 Å². The molecule has 0 saturated carbocycles. The van der Waals surface area contributed by atoms with Crippen molar-refractivity contribution in [3.63, 3.8) is 0 Å². The van der Waals surface area contributed by atoms with E-state index in [1.54, 1.807) is 60.7 Å². The summed E-state index contributed by atoms with van der Waals surface area (Å²) < 4.78 is 25.3. The number of sulfone groups is 1. The van der Waals surface area contributed by atoms with Crippen molar-refractivity contribution in [2.45, 2.75) is 11.8 Å². The lowest BCUT2D eigenvalue weighted by Gasteiger charge is -2.18. The van der Waals surface area contributed by atoms with Crippen molar-refractivity contribution >= 4 is 32.6 Å². The lowest BCUT2D eigenvalue weighted by atomic mass is 10.1. The third-order valence-corrected chi connectivity index (χ3v) is 6.08. The number of nitrogens with one attached hydrogen (secondary N) is 2. The van der Waals surface area contributed by atoms with Gasteiger partial charge in [-0.25, -0.2) is 8.42 Å². The van der Waals surface area contributed by atoms with E-state index in [9.17, 15) is 18.0 Å². The summed E-state index contributed by atoms with van der Waals surface area (Å²) in [6.45, 7) is -0.304. The molecule has 0 fully saturated rings. The highest BCUT2D eigenvalue weighted by Gasteiger charge is 2.28. The molecule has 3 rings (SSSR count). The van der Waals surface area contributed by atoms with Crippen molar-refractivity contribution in [1.29, 1.82) is 5.26 Å². The lowest BCUT2D eigenvalue weighted by molar-refractivity contribution is -0.122. The summed E-state index contributed by atoms with van der Waals surface area (Å²) >= 11 is 0. The summed E-state index contributed by atoms with van der Waals surface area (Å²) in [5.41, 5.74) is 1.47. The number of carbonyl (C=O) groups is 2. The van der Waals surface area contributed by atoms with Gasteiger partial charge in [0.2, 0.25) is 5.91 Å². The number of aromatic nitrogens is 1. The van der Waals surface area contributed by atoms with Gasteiger partial charge in [-0.1, -0.05) is 48.5 Å². The average molecular weight is 436 g/mol. The molecule has 31 heavy (non-hydrogen) atoms. The largest absolute Gasteiger partial charge is 0.341 e. The molecule has 0 aliphatic heterocycles. The van der Waals surface area contributed by atoms with E-state index in [1.165, 1.54) is 6.20 Å². The van der Waals surface area contributed by atoms with Crippen molar-refractivity contribution in [3.05, 3.63) is 78.0 Å². The van der Waals surface area contributed by atoms with E-state index in [2.05, 4.69) is 15.6 Å². The highest BCUT2D eigenvalue weighted by Crippen LogP contribution is 2.13. The fraction of sp³-hybridized carbons (Fsp3) is 0.182. The molecule has 1 atom stereocenters. The van der Waals surface area contributed by atoms with E-state index < -0.39 is 33.4 Å². The average Bonchev–Trinajstić information content (AvgIpc) is 2.76. The number of nitrogens with zero attached hydrogens (tertiary/aromatic N) is 2. The highest BCUT2D eigenvalue weighted by molar-refractivity contribution is 7.90. The molecular weight excluding hydrogens is 416 g/mol. The van der Waals surface area contributed by atoms with Crippen molar-refractivity contribution in [1.82, 2.24) is 15.6 Å². The third kappa shape index (κ3) is 6.10. The number of amides is 2. The van der Waals surface area contributed by atoms with Crippen LogP contribution in [0.5, 0.6) is 0 Å². The second kappa shape index (κ2) is 9.82. The molecule has 2 aromatic carbocycles. The summed E-state index contributed by atoms with van der Waals surface area (Å²) in [4.78, 5) is 29.4.